The summed E-state index contributed by atoms with van der Waals surface area (Å²) in [5.74, 6) is 0.109. The van der Waals surface area contributed by atoms with Crippen molar-refractivity contribution in [1.82, 2.24) is 0 Å². The molecule has 0 fully saturated rings. The van der Waals surface area contributed by atoms with Crippen molar-refractivity contribution >= 4 is 43.3 Å². The Kier molecular flexibility index (Phi) is 14.6. The van der Waals surface area contributed by atoms with Gasteiger partial charge < -0.3 is 9.11 Å². The fourth-order valence-electron chi connectivity index (χ4n) is 0.760. The van der Waals surface area contributed by atoms with Crippen LogP contribution in [0.5, 0.6) is 0 Å². The summed E-state index contributed by atoms with van der Waals surface area (Å²) in [4.78, 5) is 0. The molecule has 0 amide bonds. The quantitative estimate of drug-likeness (QED) is 0.526. The minimum atomic E-state index is -3.97. The summed E-state index contributed by atoms with van der Waals surface area (Å²) in [6.07, 6.45) is 0.928. The number of rotatable bonds is 6. The van der Waals surface area contributed by atoms with Crippen molar-refractivity contribution < 1.29 is 25.9 Å². The normalized spacial score (nSPS) is 11.8. The molecule has 0 aromatic rings. The molecule has 0 heterocycles. The van der Waals surface area contributed by atoms with Crippen LogP contribution in [0.25, 0.3) is 0 Å². The summed E-state index contributed by atoms with van der Waals surface area (Å²) < 4.78 is 59.9. The van der Waals surface area contributed by atoms with E-state index < -0.39 is 20.2 Å². The van der Waals surface area contributed by atoms with Crippen LogP contribution in [0.2, 0.25) is 0 Å². The van der Waals surface area contributed by atoms with Crippen LogP contribution >= 0.6 is 0 Å². The van der Waals surface area contributed by atoms with E-state index in [-0.39, 0.29) is 46.4 Å². The smallest absolute Gasteiger partial charge is 0.748 e. The average molecular weight is 327 g/mol. The molecule has 0 aliphatic rings. The van der Waals surface area contributed by atoms with E-state index in [4.69, 9.17) is 0 Å². The van der Waals surface area contributed by atoms with Gasteiger partial charge in [0, 0.05) is 11.5 Å². The first-order chi connectivity index (χ1) is 7.83. The Morgan fingerprint density at radius 2 is 0.947 bits per heavy atom. The third kappa shape index (κ3) is 32.3. The molecule has 0 radical (unpaired) electrons. The zero-order chi connectivity index (χ0) is 15.0. The van der Waals surface area contributed by atoms with Crippen LogP contribution in [0.4, 0.5) is 0 Å². The van der Waals surface area contributed by atoms with E-state index >= 15 is 0 Å². The maximum absolute atomic E-state index is 9.98. The van der Waals surface area contributed by atoms with Gasteiger partial charge in [-0.05, 0) is 24.7 Å². The average Bonchev–Trinajstić information content (AvgIpc) is 2.10. The predicted molar refractivity (Wildman–Crippen MR) is 73.8 cm³/mol. The Bertz CT molecular complexity index is 360. The Hall–Kier alpha value is 0.586. The summed E-state index contributed by atoms with van der Waals surface area (Å²) in [5, 5.41) is 0. The van der Waals surface area contributed by atoms with Crippen LogP contribution < -0.4 is 0 Å². The molecule has 0 aromatic carbocycles. The zero-order valence-electron chi connectivity index (χ0n) is 12.0. The maximum Gasteiger partial charge on any atom is 2.00 e. The van der Waals surface area contributed by atoms with E-state index in [0.29, 0.717) is 12.8 Å². The molecule has 0 atom stereocenters. The van der Waals surface area contributed by atoms with Gasteiger partial charge in [-0.25, -0.2) is 16.8 Å². The third-order valence-electron chi connectivity index (χ3n) is 1.89. The van der Waals surface area contributed by atoms with E-state index in [1.165, 1.54) is 0 Å². The van der Waals surface area contributed by atoms with E-state index in [1.807, 2.05) is 27.7 Å². The molecule has 0 saturated heterocycles. The molecule has 0 saturated carbocycles. The zero-order valence-corrected chi connectivity index (χ0v) is 15.0. The van der Waals surface area contributed by atoms with Crippen molar-refractivity contribution in [3.8, 4) is 0 Å². The molecule has 9 heteroatoms. The van der Waals surface area contributed by atoms with Gasteiger partial charge >= 0.3 is 23.1 Å². The number of hydrogen-bond donors (Lipinski definition) is 0. The van der Waals surface area contributed by atoms with E-state index in [1.54, 1.807) is 0 Å². The van der Waals surface area contributed by atoms with E-state index in [2.05, 4.69) is 0 Å². The van der Waals surface area contributed by atoms with E-state index in [9.17, 15) is 25.9 Å². The Morgan fingerprint density at radius 1 is 0.737 bits per heavy atom. The van der Waals surface area contributed by atoms with Gasteiger partial charge in [-0.15, -0.1) is 0 Å². The third-order valence-corrected chi connectivity index (χ3v) is 3.36. The van der Waals surface area contributed by atoms with Crippen molar-refractivity contribution in [3.63, 3.8) is 0 Å². The summed E-state index contributed by atoms with van der Waals surface area (Å²) in [6.45, 7) is 7.52. The SMILES string of the molecule is CC(C)CCS(=O)(=O)[O-].CC(C)CCS(=O)(=O)[O-].[Mg+2]. The maximum atomic E-state index is 9.98. The standard InChI is InChI=1S/2C5H12O3S.Mg/c2*1-5(2)3-4-9(6,7)8;/h2*5H,3-4H2,1-2H3,(H,6,7,8);/q;;+2/p-2. The second kappa shape index (κ2) is 11.3. The van der Waals surface area contributed by atoms with Gasteiger partial charge in [-0.1, -0.05) is 27.7 Å². The summed E-state index contributed by atoms with van der Waals surface area (Å²) in [6, 6.07) is 0. The van der Waals surface area contributed by atoms with E-state index in [0.717, 1.165) is 0 Å². The molecule has 0 N–H and O–H groups in total. The molecule has 19 heavy (non-hydrogen) atoms. The van der Waals surface area contributed by atoms with Crippen molar-refractivity contribution in [1.29, 1.82) is 0 Å². The monoisotopic (exact) mass is 326 g/mol. The summed E-state index contributed by atoms with van der Waals surface area (Å²) >= 11 is 0. The molecule has 0 aliphatic carbocycles. The predicted octanol–water partition coefficient (Wildman–Crippen LogP) is 0.775. The second-order valence-corrected chi connectivity index (χ2v) is 7.94. The molecular formula is C10H22MgO6S2. The molecule has 0 unspecified atom stereocenters. The first kappa shape index (κ1) is 24.6. The van der Waals surface area contributed by atoms with Crippen molar-refractivity contribution in [2.45, 2.75) is 40.5 Å². The second-order valence-electron chi connectivity index (χ2n) is 4.89. The van der Waals surface area contributed by atoms with Crippen LogP contribution in [-0.4, -0.2) is 60.5 Å². The largest absolute Gasteiger partial charge is 2.00 e. The van der Waals surface area contributed by atoms with Crippen molar-refractivity contribution in [2.24, 2.45) is 11.8 Å². The van der Waals surface area contributed by atoms with Gasteiger partial charge in [0.25, 0.3) is 0 Å². The molecule has 0 aromatic heterocycles. The van der Waals surface area contributed by atoms with Gasteiger partial charge in [0.1, 0.15) is 0 Å². The molecular weight excluding hydrogens is 305 g/mol. The first-order valence-electron chi connectivity index (χ1n) is 5.70. The van der Waals surface area contributed by atoms with Crippen LogP contribution in [-0.2, 0) is 20.2 Å². The fourth-order valence-corrected chi connectivity index (χ4v) is 2.28. The van der Waals surface area contributed by atoms with Crippen LogP contribution in [0.1, 0.15) is 40.5 Å². The molecule has 0 spiro atoms. The van der Waals surface area contributed by atoms with Crippen molar-refractivity contribution in [3.05, 3.63) is 0 Å². The molecule has 0 aliphatic heterocycles. The van der Waals surface area contributed by atoms with Gasteiger partial charge in [0.2, 0.25) is 0 Å². The van der Waals surface area contributed by atoms with Crippen LogP contribution in [0.3, 0.4) is 0 Å². The van der Waals surface area contributed by atoms with Crippen LogP contribution in [0, 0.1) is 11.8 Å². The minimum Gasteiger partial charge on any atom is -0.748 e. The summed E-state index contributed by atoms with van der Waals surface area (Å²) in [5.41, 5.74) is 0. The molecule has 112 valence electrons. The molecule has 6 nitrogen and oxygen atoms in total. The Labute approximate surface area is 133 Å². The van der Waals surface area contributed by atoms with Gasteiger partial charge in [-0.3, -0.25) is 0 Å². The first-order valence-corrected chi connectivity index (χ1v) is 8.86. The molecule has 0 rings (SSSR count). The van der Waals surface area contributed by atoms with Crippen LogP contribution in [0.15, 0.2) is 0 Å². The fraction of sp³-hybridized carbons (Fsp3) is 1.00. The summed E-state index contributed by atoms with van der Waals surface area (Å²) in [7, 11) is -7.94. The van der Waals surface area contributed by atoms with Gasteiger partial charge in [0.05, 0.1) is 20.2 Å². The number of hydrogen-bond acceptors (Lipinski definition) is 6. The minimum absolute atomic E-state index is 0. The van der Waals surface area contributed by atoms with Gasteiger partial charge in [-0.2, -0.15) is 0 Å². The Morgan fingerprint density at radius 3 is 1.00 bits per heavy atom. The van der Waals surface area contributed by atoms with Crippen molar-refractivity contribution in [2.75, 3.05) is 11.5 Å². The topological polar surface area (TPSA) is 114 Å². The van der Waals surface area contributed by atoms with Gasteiger partial charge in [0.15, 0.2) is 0 Å². The molecule has 0 bridgehead atoms. The Balaban J connectivity index is -0.000000256.